The van der Waals surface area contributed by atoms with E-state index in [0.717, 1.165) is 55.8 Å². The number of nitrogens with zero attached hydrogens (tertiary/aromatic N) is 9. The van der Waals surface area contributed by atoms with E-state index in [4.69, 9.17) is 10.4 Å². The first-order valence-electron chi connectivity index (χ1n) is 36.2. The largest absolute Gasteiger partial charge is 0.395 e. The van der Waals surface area contributed by atoms with Crippen LogP contribution in [-0.2, 0) is 4.79 Å². The van der Waals surface area contributed by atoms with Crippen LogP contribution in [0.1, 0.15) is 260 Å². The second kappa shape index (κ2) is 41.5. The molecule has 1 N–H and O–H groups in total. The number of carbonyl (C=O) groups is 1. The number of aliphatic hydroxyl groups excluding tert-OH is 1. The van der Waals surface area contributed by atoms with E-state index in [1.54, 1.807) is 6.92 Å². The van der Waals surface area contributed by atoms with E-state index in [1.165, 1.54) is 186 Å². The summed E-state index contributed by atoms with van der Waals surface area (Å²) in [4.78, 5) is 32.1. The topological polar surface area (TPSA) is 96.7 Å². The highest BCUT2D eigenvalue weighted by molar-refractivity contribution is 5.73. The molecule has 0 aromatic carbocycles. The summed E-state index contributed by atoms with van der Waals surface area (Å²) in [6, 6.07) is 4.27. The zero-order valence-corrected chi connectivity index (χ0v) is 63.4. The first-order chi connectivity index (χ1) is 40.7. The molecule has 6 aliphatic heterocycles. The second-order valence-electron chi connectivity index (χ2n) is 34.6. The van der Waals surface area contributed by atoms with Gasteiger partial charge in [-0.1, -0.05) is 152 Å². The summed E-state index contributed by atoms with van der Waals surface area (Å²) in [6.07, 6.45) is 20.2. The predicted molar refractivity (Wildman–Crippen MR) is 383 cm³/mol. The van der Waals surface area contributed by atoms with Crippen molar-refractivity contribution in [3.63, 3.8) is 0 Å². The Bertz CT molecular complexity index is 1910. The van der Waals surface area contributed by atoms with Crippen molar-refractivity contribution < 1.29 is 9.90 Å². The van der Waals surface area contributed by atoms with E-state index in [-0.39, 0.29) is 5.91 Å². The third-order valence-electron chi connectivity index (χ3n) is 20.8. The number of piperazine rings is 1. The third kappa shape index (κ3) is 36.9. The van der Waals surface area contributed by atoms with Gasteiger partial charge in [-0.2, -0.15) is 5.26 Å². The van der Waals surface area contributed by atoms with Crippen LogP contribution in [0.3, 0.4) is 0 Å². The number of aromatic nitrogens is 1. The number of carbonyl (C=O) groups excluding carboxylic acids is 1. The Morgan fingerprint density at radius 3 is 1.17 bits per heavy atom. The van der Waals surface area contributed by atoms with Crippen molar-refractivity contribution in [1.29, 1.82) is 5.26 Å². The second-order valence-corrected chi connectivity index (χ2v) is 34.6. The molecule has 516 valence electrons. The van der Waals surface area contributed by atoms with E-state index in [2.05, 4.69) is 213 Å². The number of β-amino-alcohol motifs (C(OH)–C–C–N with tert-alkyl or cyclic N) is 1. The molecule has 0 atom stereocenters. The van der Waals surface area contributed by atoms with E-state index < -0.39 is 0 Å². The number of rotatable bonds is 10. The summed E-state index contributed by atoms with van der Waals surface area (Å²) in [6.45, 7) is 77.6. The summed E-state index contributed by atoms with van der Waals surface area (Å²) in [5.74, 6) is 5.21. The lowest BCUT2D eigenvalue weighted by Gasteiger charge is -2.38. The molecule has 0 radical (unpaired) electrons. The van der Waals surface area contributed by atoms with Gasteiger partial charge in [0.1, 0.15) is 0 Å². The Balaban J connectivity index is 0.000000515. The minimum Gasteiger partial charge on any atom is -0.395 e. The fourth-order valence-electron chi connectivity index (χ4n) is 13.6. The van der Waals surface area contributed by atoms with Gasteiger partial charge in [0.2, 0.25) is 5.91 Å². The summed E-state index contributed by atoms with van der Waals surface area (Å²) in [5, 5.41) is 17.3. The highest BCUT2D eigenvalue weighted by atomic mass is 16.3. The maximum Gasteiger partial charge on any atom is 0.219 e. The molecule has 6 aliphatic rings. The Labute approximate surface area is 549 Å². The fourth-order valence-corrected chi connectivity index (χ4v) is 13.6. The van der Waals surface area contributed by atoms with Gasteiger partial charge in [0.05, 0.1) is 12.7 Å². The van der Waals surface area contributed by atoms with Crippen molar-refractivity contribution in [3.8, 4) is 6.07 Å². The maximum absolute atomic E-state index is 11.1. The minimum absolute atomic E-state index is 0.229. The van der Waals surface area contributed by atoms with E-state index in [0.29, 0.717) is 51.4 Å². The van der Waals surface area contributed by atoms with Gasteiger partial charge in [0.15, 0.2) is 0 Å². The van der Waals surface area contributed by atoms with Crippen LogP contribution in [0.5, 0.6) is 0 Å². The van der Waals surface area contributed by atoms with Gasteiger partial charge < -0.3 is 39.4 Å². The number of hydrogen-bond acceptors (Lipinski definition) is 10. The Kier molecular flexibility index (Phi) is 39.6. The number of aryl methyl sites for hydroxylation is 1. The first kappa shape index (κ1) is 83.8. The van der Waals surface area contributed by atoms with Gasteiger partial charge in [-0.15, -0.1) is 0 Å². The zero-order chi connectivity index (χ0) is 67.1. The summed E-state index contributed by atoms with van der Waals surface area (Å²) in [5.41, 5.74) is 5.56. The van der Waals surface area contributed by atoms with E-state index in [9.17, 15) is 4.79 Å². The molecule has 7 heterocycles. The number of amides is 1. The fraction of sp³-hybridized carbons (Fsp3) is 0.909. The third-order valence-corrected chi connectivity index (χ3v) is 20.8. The Morgan fingerprint density at radius 1 is 0.534 bits per heavy atom. The van der Waals surface area contributed by atoms with Crippen molar-refractivity contribution in [2.24, 2.45) is 62.1 Å². The highest BCUT2D eigenvalue weighted by Crippen LogP contribution is 2.38. The molecule has 0 saturated carbocycles. The number of hydrogen-bond donors (Lipinski definition) is 1. The molecule has 11 heteroatoms. The van der Waals surface area contributed by atoms with E-state index in [1.807, 2.05) is 17.3 Å². The predicted octanol–water partition coefficient (Wildman–Crippen LogP) is 16.8. The van der Waals surface area contributed by atoms with Crippen molar-refractivity contribution in [2.75, 3.05) is 138 Å². The highest BCUT2D eigenvalue weighted by Gasteiger charge is 2.32. The van der Waals surface area contributed by atoms with Gasteiger partial charge in [-0.25, -0.2) is 0 Å². The van der Waals surface area contributed by atoms with E-state index >= 15 is 0 Å². The van der Waals surface area contributed by atoms with Crippen molar-refractivity contribution in [2.45, 2.75) is 256 Å². The molecule has 6 fully saturated rings. The van der Waals surface area contributed by atoms with Crippen molar-refractivity contribution in [1.82, 2.24) is 39.3 Å². The lowest BCUT2D eigenvalue weighted by Crippen LogP contribution is -2.46. The number of piperidine rings is 5. The van der Waals surface area contributed by atoms with Gasteiger partial charge in [-0.05, 0) is 248 Å². The smallest absolute Gasteiger partial charge is 0.219 e. The van der Waals surface area contributed by atoms with Crippen LogP contribution in [-0.4, -0.2) is 188 Å². The number of aliphatic hydroxyl groups is 1. The monoisotopic (exact) mass is 1230 g/mol. The number of likely N-dealkylation sites (N-methyl/N-ethyl adjacent to an activating group) is 1. The van der Waals surface area contributed by atoms with Crippen molar-refractivity contribution >= 4 is 5.91 Å². The molecule has 7 rings (SSSR count). The molecular formula is C77H151N9O2. The molecule has 0 aliphatic carbocycles. The molecule has 1 aromatic rings. The van der Waals surface area contributed by atoms with Crippen molar-refractivity contribution in [3.05, 3.63) is 29.6 Å². The van der Waals surface area contributed by atoms with Crippen LogP contribution in [0.15, 0.2) is 18.5 Å². The first-order valence-corrected chi connectivity index (χ1v) is 36.2. The molecule has 11 nitrogen and oxygen atoms in total. The molecule has 88 heavy (non-hydrogen) atoms. The molecule has 1 amide bonds. The maximum atomic E-state index is 11.1. The average molecular weight is 1240 g/mol. The normalized spacial score (nSPS) is 20.5. The SMILES string of the molecule is CC(=O)N1CCC(C(C)(C)C)CC1.CC(C)(C)C1CCN(CCC#N)CC1.CC(C)(C)C1CCN(CCO)CC1.CCCN1CCC(C(C)(C)C)CC1.CCN1CCN(CCC(C)(C)C)CC1.CN1CCC(C(C)(C)C)CC1.Cc1ccncc1C(C)C. The van der Waals surface area contributed by atoms with Crippen LogP contribution >= 0.6 is 0 Å². The summed E-state index contributed by atoms with van der Waals surface area (Å²) in [7, 11) is 2.22. The van der Waals surface area contributed by atoms with Gasteiger partial charge in [0.25, 0.3) is 0 Å². The standard InChI is InChI=1S/C12H22N2.C12H26N2.C12H25N.C11H21NO.C11H23NO.C10H21N.C9H13N/c1-12(2,3)11-5-9-14(10-6-11)8-4-7-13;1-5-13-8-10-14(11-9-13)7-6-12(2,3)4;1-5-8-13-9-6-11(7-10-13)12(2,3)4;1-9(13)12-7-5-10(6-8-12)11(2,3)4;1-11(2,3)10-4-6-12(7-5-10)8-9-13;1-10(2,3)9-5-7-11(4)8-6-9;1-7(2)9-6-10-5-4-8(9)3/h11H,4-6,8-10H2,1-3H3;5-11H2,1-4H3;11H,5-10H2,1-4H3;10H,5-8H2,1-4H3;10,13H,4-9H2,1-3H3;9H,5-8H2,1-4H3;4-7H,1-3H3. The molecule has 0 bridgehead atoms. The van der Waals surface area contributed by atoms with Crippen LogP contribution in [0.25, 0.3) is 0 Å². The minimum atomic E-state index is 0.229. The number of nitriles is 1. The van der Waals surface area contributed by atoms with Crippen LogP contribution in [0.4, 0.5) is 0 Å². The summed E-state index contributed by atoms with van der Waals surface area (Å²) < 4.78 is 0. The number of pyridine rings is 1. The van der Waals surface area contributed by atoms with Gasteiger partial charge in [0, 0.05) is 78.1 Å². The lowest BCUT2D eigenvalue weighted by molar-refractivity contribution is -0.130. The molecule has 6 saturated heterocycles. The summed E-state index contributed by atoms with van der Waals surface area (Å²) >= 11 is 0. The van der Waals surface area contributed by atoms with Crippen LogP contribution < -0.4 is 0 Å². The number of likely N-dealkylation sites (tertiary alicyclic amines) is 5. The average Bonchev–Trinajstić information content (AvgIpc) is 3.67. The quantitative estimate of drug-likeness (QED) is 0.244. The zero-order valence-electron chi connectivity index (χ0n) is 63.4. The van der Waals surface area contributed by atoms with Crippen LogP contribution in [0, 0.1) is 80.3 Å². The molecule has 1 aromatic heterocycles. The van der Waals surface area contributed by atoms with Gasteiger partial charge in [-0.3, -0.25) is 9.78 Å². The molecule has 0 spiro atoms. The Morgan fingerprint density at radius 2 is 0.875 bits per heavy atom. The Hall–Kier alpha value is -2.17. The van der Waals surface area contributed by atoms with Crippen LogP contribution in [0.2, 0.25) is 0 Å². The molecule has 0 unspecified atom stereocenters. The van der Waals surface area contributed by atoms with Gasteiger partial charge >= 0.3 is 0 Å². The molecular weight excluding hydrogens is 1080 g/mol. The lowest BCUT2D eigenvalue weighted by atomic mass is 9.75.